The number of anilines is 1. The molecule has 19 heavy (non-hydrogen) atoms. The van der Waals surface area contributed by atoms with Gasteiger partial charge in [-0.3, -0.25) is 0 Å². The molecule has 4 rings (SSSR count). The molecule has 0 radical (unpaired) electrons. The van der Waals surface area contributed by atoms with Gasteiger partial charge in [-0.2, -0.15) is 0 Å². The zero-order valence-electron chi connectivity index (χ0n) is 10.7. The van der Waals surface area contributed by atoms with Gasteiger partial charge in [-0.15, -0.1) is 11.3 Å². The van der Waals surface area contributed by atoms with Gasteiger partial charge < -0.3 is 5.32 Å². The van der Waals surface area contributed by atoms with E-state index in [9.17, 15) is 0 Å². The summed E-state index contributed by atoms with van der Waals surface area (Å²) in [4.78, 5) is 4.80. The quantitative estimate of drug-likeness (QED) is 0.712. The Balaban J connectivity index is 1.88. The largest absolute Gasteiger partial charge is 0.384 e. The third kappa shape index (κ3) is 1.73. The fourth-order valence-electron chi connectivity index (χ4n) is 2.63. The lowest BCUT2D eigenvalue weighted by atomic mass is 10.1. The van der Waals surface area contributed by atoms with Gasteiger partial charge in [0.15, 0.2) is 0 Å². The van der Waals surface area contributed by atoms with Crippen molar-refractivity contribution in [3.05, 3.63) is 47.5 Å². The van der Waals surface area contributed by atoms with Crippen LogP contribution in [0.4, 0.5) is 5.69 Å². The Bertz CT molecular complexity index is 774. The van der Waals surface area contributed by atoms with E-state index in [0.29, 0.717) is 0 Å². The number of nitrogens with one attached hydrogen (secondary N) is 1. The van der Waals surface area contributed by atoms with Crippen molar-refractivity contribution in [2.75, 3.05) is 11.9 Å². The molecule has 3 heteroatoms. The minimum atomic E-state index is 1.05. The molecule has 0 spiro atoms. The molecule has 0 fully saturated rings. The Hall–Kier alpha value is -1.87. The second kappa shape index (κ2) is 4.07. The summed E-state index contributed by atoms with van der Waals surface area (Å²) >= 11 is 1.77. The fraction of sp³-hybridized carbons (Fsp3) is 0.188. The zero-order valence-corrected chi connectivity index (χ0v) is 11.6. The summed E-state index contributed by atoms with van der Waals surface area (Å²) < 4.78 is 1.27. The number of hydrogen-bond donors (Lipinski definition) is 1. The molecule has 2 aromatic carbocycles. The first-order valence-electron chi connectivity index (χ1n) is 6.54. The second-order valence-electron chi connectivity index (χ2n) is 4.99. The van der Waals surface area contributed by atoms with E-state index in [-0.39, 0.29) is 0 Å². The molecule has 94 valence electrons. The van der Waals surface area contributed by atoms with Gasteiger partial charge in [0.2, 0.25) is 0 Å². The zero-order chi connectivity index (χ0) is 12.8. The van der Waals surface area contributed by atoms with Crippen LogP contribution in [-0.2, 0) is 6.42 Å². The summed E-state index contributed by atoms with van der Waals surface area (Å²) in [6, 6.07) is 13.0. The summed E-state index contributed by atoms with van der Waals surface area (Å²) in [5, 5.41) is 4.54. The van der Waals surface area contributed by atoms with Crippen molar-refractivity contribution in [3.63, 3.8) is 0 Å². The minimum absolute atomic E-state index is 1.05. The van der Waals surface area contributed by atoms with Crippen LogP contribution < -0.4 is 5.32 Å². The van der Waals surface area contributed by atoms with Crippen molar-refractivity contribution in [2.24, 2.45) is 0 Å². The highest BCUT2D eigenvalue weighted by Gasteiger charge is 2.13. The number of benzene rings is 2. The Labute approximate surface area is 116 Å². The number of aryl methyl sites for hydroxylation is 1. The Kier molecular flexibility index (Phi) is 2.35. The molecule has 0 aliphatic carbocycles. The van der Waals surface area contributed by atoms with Crippen molar-refractivity contribution in [1.29, 1.82) is 0 Å². The van der Waals surface area contributed by atoms with Crippen molar-refractivity contribution < 1.29 is 0 Å². The van der Waals surface area contributed by atoms with Gasteiger partial charge in [0.05, 0.1) is 10.2 Å². The molecule has 0 saturated heterocycles. The van der Waals surface area contributed by atoms with Crippen molar-refractivity contribution in [1.82, 2.24) is 4.98 Å². The lowest BCUT2D eigenvalue weighted by Gasteiger charge is -2.01. The molecule has 1 N–H and O–H groups in total. The van der Waals surface area contributed by atoms with Crippen molar-refractivity contribution in [2.45, 2.75) is 13.3 Å². The molecule has 1 aliphatic heterocycles. The molecule has 0 bridgehead atoms. The summed E-state index contributed by atoms with van der Waals surface area (Å²) in [6.07, 6.45) is 1.13. The third-order valence-corrected chi connectivity index (χ3v) is 4.76. The van der Waals surface area contributed by atoms with Crippen LogP contribution in [0.2, 0.25) is 0 Å². The van der Waals surface area contributed by atoms with E-state index in [4.69, 9.17) is 4.98 Å². The summed E-state index contributed by atoms with van der Waals surface area (Å²) in [7, 11) is 0. The van der Waals surface area contributed by atoms with Gasteiger partial charge in [-0.25, -0.2) is 4.98 Å². The van der Waals surface area contributed by atoms with Gasteiger partial charge in [0.25, 0.3) is 0 Å². The monoisotopic (exact) mass is 266 g/mol. The molecule has 0 amide bonds. The van der Waals surface area contributed by atoms with Gasteiger partial charge in [-0.05, 0) is 36.6 Å². The number of para-hydroxylation sites is 1. The molecule has 0 unspecified atom stereocenters. The van der Waals surface area contributed by atoms with Crippen LogP contribution in [0.5, 0.6) is 0 Å². The van der Waals surface area contributed by atoms with E-state index in [1.807, 2.05) is 0 Å². The third-order valence-electron chi connectivity index (χ3n) is 3.69. The highest BCUT2D eigenvalue weighted by atomic mass is 32.1. The summed E-state index contributed by atoms with van der Waals surface area (Å²) in [5.41, 5.74) is 6.29. The maximum Gasteiger partial charge on any atom is 0.124 e. The number of fused-ring (bicyclic) bond motifs is 2. The molecular formula is C16H14N2S. The van der Waals surface area contributed by atoms with Crippen LogP contribution in [0.3, 0.4) is 0 Å². The number of nitrogens with zero attached hydrogens (tertiary/aromatic N) is 1. The summed E-state index contributed by atoms with van der Waals surface area (Å²) in [6.45, 7) is 3.17. The highest BCUT2D eigenvalue weighted by molar-refractivity contribution is 7.21. The van der Waals surface area contributed by atoms with Gasteiger partial charge >= 0.3 is 0 Å². The molecule has 3 aromatic rings. The smallest absolute Gasteiger partial charge is 0.124 e. The average Bonchev–Trinajstić information content (AvgIpc) is 3.04. The van der Waals surface area contributed by atoms with Crippen LogP contribution in [0.15, 0.2) is 36.4 Å². The number of hydrogen-bond acceptors (Lipinski definition) is 3. The molecular weight excluding hydrogens is 252 g/mol. The highest BCUT2D eigenvalue weighted by Crippen LogP contribution is 2.34. The predicted molar refractivity (Wildman–Crippen MR) is 82.0 cm³/mol. The lowest BCUT2D eigenvalue weighted by molar-refractivity contribution is 1.11. The van der Waals surface area contributed by atoms with Crippen LogP contribution in [0.1, 0.15) is 11.1 Å². The van der Waals surface area contributed by atoms with Crippen molar-refractivity contribution in [3.8, 4) is 10.6 Å². The standard InChI is InChI=1S/C16H14N2S/c1-10-3-2-4-14-15(10)18-16(19-14)12-6-5-11-7-8-17-13(11)9-12/h2-6,9,17H,7-8H2,1H3. The van der Waals surface area contributed by atoms with Crippen molar-refractivity contribution >= 4 is 27.2 Å². The minimum Gasteiger partial charge on any atom is -0.384 e. The second-order valence-corrected chi connectivity index (χ2v) is 6.02. The van der Waals surface area contributed by atoms with E-state index >= 15 is 0 Å². The van der Waals surface area contributed by atoms with E-state index in [0.717, 1.165) is 23.5 Å². The van der Waals surface area contributed by atoms with E-state index in [2.05, 4.69) is 48.6 Å². The Morgan fingerprint density at radius 1 is 1.21 bits per heavy atom. The normalized spacial score (nSPS) is 13.5. The molecule has 0 saturated carbocycles. The maximum atomic E-state index is 4.80. The first-order valence-corrected chi connectivity index (χ1v) is 7.36. The average molecular weight is 266 g/mol. The Morgan fingerprint density at radius 2 is 2.16 bits per heavy atom. The van der Waals surface area contributed by atoms with E-state index in [1.54, 1.807) is 11.3 Å². The molecule has 2 nitrogen and oxygen atoms in total. The van der Waals surface area contributed by atoms with E-state index in [1.165, 1.54) is 27.1 Å². The predicted octanol–water partition coefficient (Wildman–Crippen LogP) is 4.24. The SMILES string of the molecule is Cc1cccc2sc(-c3ccc4c(c3)NCC4)nc12. The number of rotatable bonds is 1. The maximum absolute atomic E-state index is 4.80. The summed E-state index contributed by atoms with van der Waals surface area (Å²) in [5.74, 6) is 0. The molecule has 1 aromatic heterocycles. The van der Waals surface area contributed by atoms with Crippen LogP contribution >= 0.6 is 11.3 Å². The number of thiazole rings is 1. The van der Waals surface area contributed by atoms with Gasteiger partial charge in [0, 0.05) is 17.8 Å². The molecule has 1 aliphatic rings. The van der Waals surface area contributed by atoms with E-state index < -0.39 is 0 Å². The first kappa shape index (κ1) is 11.0. The van der Waals surface area contributed by atoms with Crippen LogP contribution in [-0.4, -0.2) is 11.5 Å². The van der Waals surface area contributed by atoms with Crippen LogP contribution in [0, 0.1) is 6.92 Å². The lowest BCUT2D eigenvalue weighted by Crippen LogP contribution is -1.90. The van der Waals surface area contributed by atoms with Gasteiger partial charge in [0.1, 0.15) is 5.01 Å². The topological polar surface area (TPSA) is 24.9 Å². The fourth-order valence-corrected chi connectivity index (χ4v) is 3.67. The first-order chi connectivity index (χ1) is 9.31. The van der Waals surface area contributed by atoms with Crippen LogP contribution in [0.25, 0.3) is 20.8 Å². The molecule has 0 atom stereocenters. The van der Waals surface area contributed by atoms with Gasteiger partial charge in [-0.1, -0.05) is 24.3 Å². The Morgan fingerprint density at radius 3 is 3.05 bits per heavy atom. The number of aromatic nitrogens is 1. The molecule has 2 heterocycles.